The minimum atomic E-state index is -0.601. The maximum atomic E-state index is 14.0. The van der Waals surface area contributed by atoms with Gasteiger partial charge in [0.25, 0.3) is 5.56 Å². The van der Waals surface area contributed by atoms with Crippen LogP contribution in [0.25, 0.3) is 22.0 Å². The molecule has 6 nitrogen and oxygen atoms in total. The van der Waals surface area contributed by atoms with Gasteiger partial charge in [0.05, 0.1) is 24.1 Å². The summed E-state index contributed by atoms with van der Waals surface area (Å²) in [4.78, 5) is 21.4. The molecule has 138 valence electrons. The van der Waals surface area contributed by atoms with E-state index in [1.165, 1.54) is 6.20 Å². The zero-order valence-electron chi connectivity index (χ0n) is 14.7. The monoisotopic (exact) mass is 367 g/mol. The van der Waals surface area contributed by atoms with Crippen molar-refractivity contribution in [2.75, 3.05) is 13.2 Å². The molecule has 27 heavy (non-hydrogen) atoms. The van der Waals surface area contributed by atoms with Crippen LogP contribution in [0.15, 0.2) is 41.3 Å². The number of pyridine rings is 1. The van der Waals surface area contributed by atoms with Crippen molar-refractivity contribution in [3.05, 3.63) is 58.7 Å². The lowest BCUT2D eigenvalue weighted by Crippen LogP contribution is -2.31. The highest BCUT2D eigenvalue weighted by Crippen LogP contribution is 2.32. The fourth-order valence-corrected chi connectivity index (χ4v) is 3.95. The summed E-state index contributed by atoms with van der Waals surface area (Å²) in [7, 11) is 0. The molecule has 0 radical (unpaired) electrons. The normalized spacial score (nSPS) is 18.6. The molecule has 1 fully saturated rings. The van der Waals surface area contributed by atoms with Crippen LogP contribution in [0.1, 0.15) is 18.7 Å². The first-order valence-corrected chi connectivity index (χ1v) is 9.08. The minimum Gasteiger partial charge on any atom is -0.347 e. The number of fused-ring (bicyclic) bond motifs is 2. The molecule has 0 unspecified atom stereocenters. The van der Waals surface area contributed by atoms with Crippen molar-refractivity contribution < 1.29 is 13.9 Å². The van der Waals surface area contributed by atoms with Crippen LogP contribution in [0.2, 0.25) is 0 Å². The molecule has 0 bridgehead atoms. The molecule has 2 aromatic heterocycles. The summed E-state index contributed by atoms with van der Waals surface area (Å²) in [6, 6.07) is 8.55. The Bertz CT molecular complexity index is 1090. The molecule has 0 aliphatic carbocycles. The van der Waals surface area contributed by atoms with Gasteiger partial charge in [0.15, 0.2) is 5.79 Å². The molecule has 7 heteroatoms. The van der Waals surface area contributed by atoms with Gasteiger partial charge in [-0.1, -0.05) is 6.07 Å². The van der Waals surface area contributed by atoms with E-state index in [-0.39, 0.29) is 5.56 Å². The highest BCUT2D eigenvalue weighted by atomic mass is 19.1. The van der Waals surface area contributed by atoms with Gasteiger partial charge in [0.2, 0.25) is 5.95 Å². The summed E-state index contributed by atoms with van der Waals surface area (Å²) in [5.41, 5.74) is 1.53. The largest absolute Gasteiger partial charge is 0.347 e. The van der Waals surface area contributed by atoms with Crippen LogP contribution in [0.5, 0.6) is 0 Å². The van der Waals surface area contributed by atoms with Crippen molar-refractivity contribution in [1.82, 2.24) is 14.5 Å². The van der Waals surface area contributed by atoms with Crippen molar-refractivity contribution in [2.45, 2.75) is 31.6 Å². The SMILES string of the molecule is O=c1c2ccc(-c3cccnc3F)cc2nc2n1CCC1(CC2)OCCO1. The van der Waals surface area contributed by atoms with Crippen LogP contribution >= 0.6 is 0 Å². The first kappa shape index (κ1) is 16.5. The molecule has 0 atom stereocenters. The first-order valence-electron chi connectivity index (χ1n) is 9.08. The second-order valence-electron chi connectivity index (χ2n) is 6.92. The molecule has 5 rings (SSSR count). The number of aromatic nitrogens is 3. The topological polar surface area (TPSA) is 66.2 Å². The number of ether oxygens (including phenoxy) is 2. The molecule has 0 amide bonds. The molecule has 3 aromatic rings. The van der Waals surface area contributed by atoms with E-state index in [4.69, 9.17) is 14.5 Å². The van der Waals surface area contributed by atoms with Crippen LogP contribution in [0.4, 0.5) is 4.39 Å². The third-order valence-electron chi connectivity index (χ3n) is 5.36. The van der Waals surface area contributed by atoms with Gasteiger partial charge < -0.3 is 9.47 Å². The lowest BCUT2D eigenvalue weighted by atomic mass is 10.1. The Morgan fingerprint density at radius 2 is 2.00 bits per heavy atom. The van der Waals surface area contributed by atoms with E-state index in [2.05, 4.69) is 4.98 Å². The summed E-state index contributed by atoms with van der Waals surface area (Å²) >= 11 is 0. The van der Waals surface area contributed by atoms with Crippen LogP contribution in [0, 0.1) is 5.95 Å². The van der Waals surface area contributed by atoms with Gasteiger partial charge >= 0.3 is 0 Å². The van der Waals surface area contributed by atoms with Gasteiger partial charge in [-0.2, -0.15) is 4.39 Å². The summed E-state index contributed by atoms with van der Waals surface area (Å²) in [6.45, 7) is 1.68. The number of benzene rings is 1. The molecule has 2 aliphatic rings. The second-order valence-corrected chi connectivity index (χ2v) is 6.92. The third kappa shape index (κ3) is 2.74. The molecule has 4 heterocycles. The Hall–Kier alpha value is -2.64. The Labute approximate surface area is 154 Å². The van der Waals surface area contributed by atoms with E-state index in [1.54, 1.807) is 34.9 Å². The van der Waals surface area contributed by atoms with E-state index in [9.17, 15) is 9.18 Å². The molecular formula is C20H18FN3O3. The molecular weight excluding hydrogens is 349 g/mol. The van der Waals surface area contributed by atoms with Crippen LogP contribution in [-0.2, 0) is 22.4 Å². The van der Waals surface area contributed by atoms with Crippen molar-refractivity contribution in [3.8, 4) is 11.1 Å². The molecule has 1 saturated heterocycles. The van der Waals surface area contributed by atoms with Crippen LogP contribution in [0.3, 0.4) is 0 Å². The Balaban J connectivity index is 1.60. The Morgan fingerprint density at radius 3 is 2.81 bits per heavy atom. The Kier molecular flexibility index (Phi) is 3.80. The van der Waals surface area contributed by atoms with Crippen molar-refractivity contribution in [2.24, 2.45) is 0 Å². The summed E-state index contributed by atoms with van der Waals surface area (Å²) in [6.07, 6.45) is 3.30. The number of aryl methyl sites for hydroxylation is 1. The van der Waals surface area contributed by atoms with Crippen molar-refractivity contribution in [3.63, 3.8) is 0 Å². The second kappa shape index (κ2) is 6.21. The Morgan fingerprint density at radius 1 is 1.15 bits per heavy atom. The van der Waals surface area contributed by atoms with E-state index < -0.39 is 11.7 Å². The maximum Gasteiger partial charge on any atom is 0.261 e. The number of hydrogen-bond acceptors (Lipinski definition) is 5. The van der Waals surface area contributed by atoms with Gasteiger partial charge in [-0.15, -0.1) is 0 Å². The average Bonchev–Trinajstić information content (AvgIpc) is 3.07. The molecule has 0 saturated carbocycles. The zero-order valence-corrected chi connectivity index (χ0v) is 14.7. The fraction of sp³-hybridized carbons (Fsp3) is 0.350. The van der Waals surface area contributed by atoms with Crippen molar-refractivity contribution in [1.29, 1.82) is 0 Å². The van der Waals surface area contributed by atoms with Gasteiger partial charge in [-0.05, 0) is 29.8 Å². The quantitative estimate of drug-likeness (QED) is 0.619. The molecule has 0 N–H and O–H groups in total. The van der Waals surface area contributed by atoms with Gasteiger partial charge in [0.1, 0.15) is 5.82 Å². The minimum absolute atomic E-state index is 0.0803. The van der Waals surface area contributed by atoms with Crippen LogP contribution in [-0.4, -0.2) is 33.5 Å². The highest BCUT2D eigenvalue weighted by molar-refractivity contribution is 5.83. The van der Waals surface area contributed by atoms with E-state index >= 15 is 0 Å². The van der Waals surface area contributed by atoms with Gasteiger partial charge in [-0.3, -0.25) is 9.36 Å². The number of nitrogens with zero attached hydrogens (tertiary/aromatic N) is 3. The third-order valence-corrected chi connectivity index (χ3v) is 5.36. The van der Waals surface area contributed by atoms with Gasteiger partial charge in [-0.25, -0.2) is 9.97 Å². The molecule has 2 aliphatic heterocycles. The lowest BCUT2D eigenvalue weighted by Gasteiger charge is -2.24. The molecule has 1 aromatic carbocycles. The molecule has 1 spiro atoms. The smallest absolute Gasteiger partial charge is 0.261 e. The first-order chi connectivity index (χ1) is 13.2. The standard InChI is InChI=1S/C20H18FN3O3/c21-18-14(2-1-8-22-18)13-3-4-15-16(12-13)23-17-5-6-20(26-10-11-27-20)7-9-24(17)19(15)25/h1-4,8,12H,5-7,9-11H2. The lowest BCUT2D eigenvalue weighted by molar-refractivity contribution is -0.165. The number of rotatable bonds is 1. The summed E-state index contributed by atoms with van der Waals surface area (Å²) in [5, 5.41) is 0.524. The average molecular weight is 367 g/mol. The summed E-state index contributed by atoms with van der Waals surface area (Å²) in [5.74, 6) is -0.427. The fourth-order valence-electron chi connectivity index (χ4n) is 3.95. The van der Waals surface area contributed by atoms with E-state index in [0.29, 0.717) is 66.9 Å². The van der Waals surface area contributed by atoms with E-state index in [0.717, 1.165) is 0 Å². The number of halogens is 1. The van der Waals surface area contributed by atoms with Gasteiger partial charge in [0, 0.05) is 37.6 Å². The van der Waals surface area contributed by atoms with Crippen molar-refractivity contribution >= 4 is 10.9 Å². The summed E-state index contributed by atoms with van der Waals surface area (Å²) < 4.78 is 27.4. The van der Waals surface area contributed by atoms with E-state index in [1.807, 2.05) is 0 Å². The maximum absolute atomic E-state index is 14.0. The predicted molar refractivity (Wildman–Crippen MR) is 96.8 cm³/mol. The zero-order chi connectivity index (χ0) is 18.4. The van der Waals surface area contributed by atoms with Crippen LogP contribution < -0.4 is 5.56 Å². The highest BCUT2D eigenvalue weighted by Gasteiger charge is 2.38. The predicted octanol–water partition coefficient (Wildman–Crippen LogP) is 2.68. The number of hydrogen-bond donors (Lipinski definition) is 0.